The summed E-state index contributed by atoms with van der Waals surface area (Å²) in [6.07, 6.45) is 2.83. The Balaban J connectivity index is 2.72. The van der Waals surface area contributed by atoms with E-state index in [0.29, 0.717) is 0 Å². The lowest BCUT2D eigenvalue weighted by molar-refractivity contribution is -0.148. The van der Waals surface area contributed by atoms with Gasteiger partial charge in [-0.3, -0.25) is 4.79 Å². The standard InChI is InChI=1S/C8H15NO2/c1-6-4-3-5-8(6,9)7(10)11-2/h6H,3-5,9H2,1-2H3. The Hall–Kier alpha value is -0.570. The van der Waals surface area contributed by atoms with E-state index in [9.17, 15) is 4.79 Å². The van der Waals surface area contributed by atoms with Crippen molar-refractivity contribution >= 4 is 5.97 Å². The lowest BCUT2D eigenvalue weighted by Crippen LogP contribution is -2.50. The topological polar surface area (TPSA) is 52.3 Å². The summed E-state index contributed by atoms with van der Waals surface area (Å²) in [7, 11) is 1.39. The maximum atomic E-state index is 11.2. The smallest absolute Gasteiger partial charge is 0.326 e. The van der Waals surface area contributed by atoms with Crippen LogP contribution < -0.4 is 5.73 Å². The van der Waals surface area contributed by atoms with Gasteiger partial charge < -0.3 is 10.5 Å². The Labute approximate surface area is 66.9 Å². The van der Waals surface area contributed by atoms with Crippen molar-refractivity contribution < 1.29 is 9.53 Å². The fourth-order valence-corrected chi connectivity index (χ4v) is 1.70. The molecule has 1 saturated carbocycles. The highest BCUT2D eigenvalue weighted by atomic mass is 16.5. The maximum Gasteiger partial charge on any atom is 0.326 e. The Morgan fingerprint density at radius 1 is 1.73 bits per heavy atom. The van der Waals surface area contributed by atoms with Gasteiger partial charge in [0.1, 0.15) is 5.54 Å². The van der Waals surface area contributed by atoms with E-state index in [-0.39, 0.29) is 11.9 Å². The molecule has 0 aromatic rings. The molecule has 1 aliphatic carbocycles. The van der Waals surface area contributed by atoms with E-state index >= 15 is 0 Å². The van der Waals surface area contributed by atoms with Crippen LogP contribution in [0.2, 0.25) is 0 Å². The lowest BCUT2D eigenvalue weighted by Gasteiger charge is -2.25. The van der Waals surface area contributed by atoms with Crippen molar-refractivity contribution in [1.82, 2.24) is 0 Å². The van der Waals surface area contributed by atoms with Gasteiger partial charge in [-0.1, -0.05) is 13.3 Å². The van der Waals surface area contributed by atoms with Gasteiger partial charge in [-0.05, 0) is 18.8 Å². The van der Waals surface area contributed by atoms with E-state index in [0.717, 1.165) is 19.3 Å². The summed E-state index contributed by atoms with van der Waals surface area (Å²) >= 11 is 0. The molecule has 0 bridgehead atoms. The van der Waals surface area contributed by atoms with Gasteiger partial charge in [0.25, 0.3) is 0 Å². The van der Waals surface area contributed by atoms with E-state index in [2.05, 4.69) is 4.74 Å². The van der Waals surface area contributed by atoms with Crippen LogP contribution in [0.15, 0.2) is 0 Å². The molecule has 1 aliphatic rings. The Bertz CT molecular complexity index is 169. The SMILES string of the molecule is COC(=O)C1(N)CCCC1C. The van der Waals surface area contributed by atoms with Crippen LogP contribution in [0.5, 0.6) is 0 Å². The predicted octanol–water partition coefficient (Wildman–Crippen LogP) is 0.677. The monoisotopic (exact) mass is 157 g/mol. The number of ether oxygens (including phenoxy) is 1. The van der Waals surface area contributed by atoms with E-state index in [1.165, 1.54) is 7.11 Å². The molecule has 64 valence electrons. The van der Waals surface area contributed by atoms with Crippen LogP contribution in [0, 0.1) is 5.92 Å². The summed E-state index contributed by atoms with van der Waals surface area (Å²) in [5, 5.41) is 0. The molecule has 0 aromatic carbocycles. The van der Waals surface area contributed by atoms with Crippen molar-refractivity contribution in [2.45, 2.75) is 31.7 Å². The summed E-state index contributed by atoms with van der Waals surface area (Å²) in [6, 6.07) is 0. The van der Waals surface area contributed by atoms with Gasteiger partial charge in [0, 0.05) is 0 Å². The number of methoxy groups -OCH3 is 1. The van der Waals surface area contributed by atoms with Gasteiger partial charge >= 0.3 is 5.97 Å². The van der Waals surface area contributed by atoms with Crippen LogP contribution in [0.3, 0.4) is 0 Å². The second kappa shape index (κ2) is 2.81. The number of nitrogens with two attached hydrogens (primary N) is 1. The first-order chi connectivity index (χ1) is 5.11. The molecule has 2 unspecified atom stereocenters. The third kappa shape index (κ3) is 1.25. The van der Waals surface area contributed by atoms with E-state index in [4.69, 9.17) is 5.73 Å². The maximum absolute atomic E-state index is 11.2. The minimum atomic E-state index is -0.700. The zero-order chi connectivity index (χ0) is 8.48. The lowest BCUT2D eigenvalue weighted by atomic mass is 9.90. The minimum absolute atomic E-state index is 0.259. The average Bonchev–Trinajstić information content (AvgIpc) is 2.32. The number of hydrogen-bond donors (Lipinski definition) is 1. The second-order valence-corrected chi connectivity index (χ2v) is 3.33. The molecule has 2 N–H and O–H groups in total. The van der Waals surface area contributed by atoms with Crippen LogP contribution in [-0.2, 0) is 9.53 Å². The highest BCUT2D eigenvalue weighted by molar-refractivity contribution is 5.81. The van der Waals surface area contributed by atoms with Gasteiger partial charge in [-0.25, -0.2) is 0 Å². The largest absolute Gasteiger partial charge is 0.468 e. The molecule has 3 nitrogen and oxygen atoms in total. The molecule has 0 saturated heterocycles. The summed E-state index contributed by atoms with van der Waals surface area (Å²) < 4.78 is 4.64. The number of carbonyl (C=O) groups excluding carboxylic acids is 1. The molecule has 0 spiro atoms. The van der Waals surface area contributed by atoms with Crippen LogP contribution in [0.25, 0.3) is 0 Å². The first-order valence-electron chi connectivity index (χ1n) is 3.98. The molecule has 0 radical (unpaired) electrons. The fourth-order valence-electron chi connectivity index (χ4n) is 1.70. The van der Waals surface area contributed by atoms with Crippen LogP contribution in [0.4, 0.5) is 0 Å². The molecule has 1 fully saturated rings. The summed E-state index contributed by atoms with van der Waals surface area (Å²) in [4.78, 5) is 11.2. The van der Waals surface area contributed by atoms with Gasteiger partial charge in [0.15, 0.2) is 0 Å². The third-order valence-corrected chi connectivity index (χ3v) is 2.67. The van der Waals surface area contributed by atoms with Crippen molar-refractivity contribution in [3.63, 3.8) is 0 Å². The van der Waals surface area contributed by atoms with Crippen molar-refractivity contribution in [3.8, 4) is 0 Å². The third-order valence-electron chi connectivity index (χ3n) is 2.67. The summed E-state index contributed by atoms with van der Waals surface area (Å²) in [6.45, 7) is 2.00. The molecule has 2 atom stereocenters. The molecule has 1 rings (SSSR count). The van der Waals surface area contributed by atoms with Crippen molar-refractivity contribution in [3.05, 3.63) is 0 Å². The van der Waals surface area contributed by atoms with Gasteiger partial charge in [0.05, 0.1) is 7.11 Å². The quantitative estimate of drug-likeness (QED) is 0.569. The number of hydrogen-bond acceptors (Lipinski definition) is 3. The second-order valence-electron chi connectivity index (χ2n) is 3.33. The minimum Gasteiger partial charge on any atom is -0.468 e. The molecule has 11 heavy (non-hydrogen) atoms. The normalized spacial score (nSPS) is 37.2. The molecule has 3 heteroatoms. The van der Waals surface area contributed by atoms with Crippen LogP contribution in [-0.4, -0.2) is 18.6 Å². The highest BCUT2D eigenvalue weighted by Crippen LogP contribution is 2.33. The van der Waals surface area contributed by atoms with E-state index in [1.807, 2.05) is 6.92 Å². The Morgan fingerprint density at radius 2 is 2.36 bits per heavy atom. The zero-order valence-electron chi connectivity index (χ0n) is 7.09. The van der Waals surface area contributed by atoms with Gasteiger partial charge in [0.2, 0.25) is 0 Å². The summed E-state index contributed by atoms with van der Waals surface area (Å²) in [5.41, 5.74) is 5.18. The van der Waals surface area contributed by atoms with E-state index < -0.39 is 5.54 Å². The summed E-state index contributed by atoms with van der Waals surface area (Å²) in [5.74, 6) is -0.00236. The molecule has 0 amide bonds. The molecule has 0 aromatic heterocycles. The Kier molecular flexibility index (Phi) is 2.18. The molecule has 0 heterocycles. The first-order valence-corrected chi connectivity index (χ1v) is 3.98. The van der Waals surface area contributed by atoms with Crippen LogP contribution >= 0.6 is 0 Å². The predicted molar refractivity (Wildman–Crippen MR) is 41.9 cm³/mol. The number of rotatable bonds is 1. The molecular formula is C8H15NO2. The number of carbonyl (C=O) groups is 1. The van der Waals surface area contributed by atoms with Crippen molar-refractivity contribution in [2.75, 3.05) is 7.11 Å². The molecular weight excluding hydrogens is 142 g/mol. The van der Waals surface area contributed by atoms with E-state index in [1.54, 1.807) is 0 Å². The molecule has 0 aliphatic heterocycles. The van der Waals surface area contributed by atoms with Gasteiger partial charge in [-0.15, -0.1) is 0 Å². The number of esters is 1. The van der Waals surface area contributed by atoms with Crippen molar-refractivity contribution in [2.24, 2.45) is 11.7 Å². The zero-order valence-corrected chi connectivity index (χ0v) is 7.09. The average molecular weight is 157 g/mol. The Morgan fingerprint density at radius 3 is 2.73 bits per heavy atom. The fraction of sp³-hybridized carbons (Fsp3) is 0.875. The van der Waals surface area contributed by atoms with Gasteiger partial charge in [-0.2, -0.15) is 0 Å². The van der Waals surface area contributed by atoms with Crippen LogP contribution in [0.1, 0.15) is 26.2 Å². The highest BCUT2D eigenvalue weighted by Gasteiger charge is 2.44. The van der Waals surface area contributed by atoms with Crippen molar-refractivity contribution in [1.29, 1.82) is 0 Å². The first kappa shape index (κ1) is 8.53.